The molecule has 0 aliphatic carbocycles. The molecule has 0 saturated heterocycles. The summed E-state index contributed by atoms with van der Waals surface area (Å²) >= 11 is 0. The number of nitrogens with zero attached hydrogens (tertiary/aromatic N) is 2. The van der Waals surface area contributed by atoms with E-state index in [0.29, 0.717) is 11.4 Å². The molecule has 0 spiro atoms. The Morgan fingerprint density at radius 1 is 1.17 bits per heavy atom. The molecule has 18 heavy (non-hydrogen) atoms. The summed E-state index contributed by atoms with van der Waals surface area (Å²) in [6, 6.07) is 6.72. The molecule has 1 N–H and O–H groups in total. The molecular weight excluding hydrogens is 254 g/mol. The predicted octanol–water partition coefficient (Wildman–Crippen LogP) is 0.888. The topological polar surface area (TPSA) is 69.7 Å². The summed E-state index contributed by atoms with van der Waals surface area (Å²) in [4.78, 5) is 12.7. The van der Waals surface area contributed by atoms with Crippen LogP contribution in [0.5, 0.6) is 0 Å². The van der Waals surface area contributed by atoms with Crippen molar-refractivity contribution in [3.63, 3.8) is 0 Å². The van der Waals surface area contributed by atoms with Crippen molar-refractivity contribution in [3.8, 4) is 0 Å². The first-order valence-electron chi connectivity index (χ1n) is 5.29. The lowest BCUT2D eigenvalue weighted by molar-refractivity contribution is -0.116. The van der Waals surface area contributed by atoms with Crippen LogP contribution >= 0.6 is 0 Å². The molecule has 0 saturated carbocycles. The third kappa shape index (κ3) is 3.21. The SMILES string of the molecule is CC(=O)N(C)c1ccccc1NS(=O)(=O)N(C)C. The first kappa shape index (κ1) is 14.5. The fourth-order valence-electron chi connectivity index (χ4n) is 1.25. The van der Waals surface area contributed by atoms with Crippen LogP contribution in [0.3, 0.4) is 0 Å². The molecular formula is C11H17N3O3S. The maximum atomic E-state index is 11.8. The summed E-state index contributed by atoms with van der Waals surface area (Å²) in [6.07, 6.45) is 0. The van der Waals surface area contributed by atoms with Gasteiger partial charge in [-0.2, -0.15) is 12.7 Å². The Balaban J connectivity index is 3.15. The fraction of sp³-hybridized carbons (Fsp3) is 0.364. The zero-order valence-electron chi connectivity index (χ0n) is 10.8. The summed E-state index contributed by atoms with van der Waals surface area (Å²) in [5, 5.41) is 0. The summed E-state index contributed by atoms with van der Waals surface area (Å²) in [7, 11) is 0.861. The van der Waals surface area contributed by atoms with Gasteiger partial charge in [0.25, 0.3) is 0 Å². The van der Waals surface area contributed by atoms with Crippen LogP contribution in [0.1, 0.15) is 6.92 Å². The molecule has 1 aromatic rings. The maximum Gasteiger partial charge on any atom is 0.301 e. The molecule has 1 rings (SSSR count). The molecule has 0 heterocycles. The van der Waals surface area contributed by atoms with Crippen LogP contribution in [0.2, 0.25) is 0 Å². The fourth-order valence-corrected chi connectivity index (χ4v) is 1.89. The number of anilines is 2. The summed E-state index contributed by atoms with van der Waals surface area (Å²) in [6.45, 7) is 1.41. The third-order valence-electron chi connectivity index (χ3n) is 2.46. The van der Waals surface area contributed by atoms with E-state index in [1.165, 1.54) is 25.9 Å². The van der Waals surface area contributed by atoms with Crippen molar-refractivity contribution in [1.29, 1.82) is 0 Å². The van der Waals surface area contributed by atoms with Gasteiger partial charge in [0.15, 0.2) is 0 Å². The molecule has 0 radical (unpaired) electrons. The van der Waals surface area contributed by atoms with Gasteiger partial charge in [-0.1, -0.05) is 12.1 Å². The molecule has 0 atom stereocenters. The van der Waals surface area contributed by atoms with Crippen LogP contribution in [0.4, 0.5) is 11.4 Å². The van der Waals surface area contributed by atoms with E-state index in [1.807, 2.05) is 0 Å². The predicted molar refractivity (Wildman–Crippen MR) is 71.8 cm³/mol. The van der Waals surface area contributed by atoms with Gasteiger partial charge in [0.2, 0.25) is 5.91 Å². The Bertz CT molecular complexity index is 540. The Hall–Kier alpha value is -1.60. The molecule has 7 heteroatoms. The number of para-hydroxylation sites is 2. The largest absolute Gasteiger partial charge is 0.314 e. The number of carbonyl (C=O) groups excluding carboxylic acids is 1. The average Bonchev–Trinajstić information content (AvgIpc) is 2.28. The van der Waals surface area contributed by atoms with Crippen molar-refractivity contribution in [2.75, 3.05) is 30.8 Å². The van der Waals surface area contributed by atoms with Crippen molar-refractivity contribution in [1.82, 2.24) is 4.31 Å². The lowest BCUT2D eigenvalue weighted by Gasteiger charge is -2.21. The van der Waals surface area contributed by atoms with Gasteiger partial charge in [0.1, 0.15) is 0 Å². The number of rotatable bonds is 4. The Morgan fingerprint density at radius 3 is 2.22 bits per heavy atom. The van der Waals surface area contributed by atoms with E-state index in [1.54, 1.807) is 31.3 Å². The van der Waals surface area contributed by atoms with Crippen LogP contribution in [0.25, 0.3) is 0 Å². The van der Waals surface area contributed by atoms with Crippen LogP contribution in [-0.4, -0.2) is 39.8 Å². The second kappa shape index (κ2) is 5.36. The highest BCUT2D eigenvalue weighted by atomic mass is 32.2. The Kier molecular flexibility index (Phi) is 4.31. The minimum atomic E-state index is -3.59. The molecule has 6 nitrogen and oxygen atoms in total. The van der Waals surface area contributed by atoms with E-state index in [0.717, 1.165) is 4.31 Å². The summed E-state index contributed by atoms with van der Waals surface area (Å²) in [5.74, 6) is -0.175. The van der Waals surface area contributed by atoms with Gasteiger partial charge in [0.05, 0.1) is 11.4 Å². The molecule has 0 unspecified atom stereocenters. The summed E-state index contributed by atoms with van der Waals surface area (Å²) < 4.78 is 27.0. The highest BCUT2D eigenvalue weighted by Gasteiger charge is 2.17. The van der Waals surface area contributed by atoms with Crippen molar-refractivity contribution in [2.45, 2.75) is 6.92 Å². The van der Waals surface area contributed by atoms with Gasteiger partial charge in [-0.25, -0.2) is 0 Å². The van der Waals surface area contributed by atoms with Crippen LogP contribution in [-0.2, 0) is 15.0 Å². The molecule has 0 aromatic heterocycles. The number of carbonyl (C=O) groups is 1. The zero-order valence-corrected chi connectivity index (χ0v) is 11.7. The minimum Gasteiger partial charge on any atom is -0.314 e. The van der Waals surface area contributed by atoms with E-state index in [2.05, 4.69) is 4.72 Å². The number of nitrogens with one attached hydrogen (secondary N) is 1. The molecule has 100 valence electrons. The lowest BCUT2D eigenvalue weighted by atomic mass is 10.2. The molecule has 0 bridgehead atoms. The lowest BCUT2D eigenvalue weighted by Crippen LogP contribution is -2.30. The van der Waals surface area contributed by atoms with Crippen molar-refractivity contribution in [2.24, 2.45) is 0 Å². The van der Waals surface area contributed by atoms with Crippen molar-refractivity contribution in [3.05, 3.63) is 24.3 Å². The standard InChI is InChI=1S/C11H17N3O3S/c1-9(15)14(4)11-8-6-5-7-10(11)12-18(16,17)13(2)3/h5-8,12H,1-4H3. The number of hydrogen-bond acceptors (Lipinski definition) is 3. The van der Waals surface area contributed by atoms with Crippen molar-refractivity contribution < 1.29 is 13.2 Å². The van der Waals surface area contributed by atoms with Crippen LogP contribution in [0.15, 0.2) is 24.3 Å². The second-order valence-corrected chi connectivity index (χ2v) is 5.87. The normalized spacial score (nSPS) is 11.4. The van der Waals surface area contributed by atoms with E-state index < -0.39 is 10.2 Å². The van der Waals surface area contributed by atoms with E-state index >= 15 is 0 Å². The molecule has 1 aromatic carbocycles. The zero-order chi connectivity index (χ0) is 13.9. The second-order valence-electron chi connectivity index (χ2n) is 3.98. The van der Waals surface area contributed by atoms with Crippen molar-refractivity contribution >= 4 is 27.5 Å². The first-order chi connectivity index (χ1) is 8.25. The average molecular weight is 271 g/mol. The molecule has 0 aliphatic heterocycles. The molecule has 0 aliphatic rings. The minimum absolute atomic E-state index is 0.175. The Labute approximate surface area is 107 Å². The van der Waals surface area contributed by atoms with Crippen LogP contribution < -0.4 is 9.62 Å². The summed E-state index contributed by atoms with van der Waals surface area (Å²) in [5.41, 5.74) is 0.874. The van der Waals surface area contributed by atoms with Gasteiger partial charge < -0.3 is 4.90 Å². The quantitative estimate of drug-likeness (QED) is 0.884. The van der Waals surface area contributed by atoms with E-state index in [-0.39, 0.29) is 5.91 Å². The van der Waals surface area contributed by atoms with Gasteiger partial charge >= 0.3 is 10.2 Å². The number of benzene rings is 1. The van der Waals surface area contributed by atoms with Crippen LogP contribution in [0, 0.1) is 0 Å². The molecule has 1 amide bonds. The number of hydrogen-bond donors (Lipinski definition) is 1. The highest BCUT2D eigenvalue weighted by Crippen LogP contribution is 2.25. The molecule has 0 fully saturated rings. The maximum absolute atomic E-state index is 11.8. The van der Waals surface area contributed by atoms with Gasteiger partial charge in [-0.05, 0) is 12.1 Å². The van der Waals surface area contributed by atoms with E-state index in [9.17, 15) is 13.2 Å². The van der Waals surface area contributed by atoms with Gasteiger partial charge in [-0.15, -0.1) is 0 Å². The highest BCUT2D eigenvalue weighted by molar-refractivity contribution is 7.90. The Morgan fingerprint density at radius 2 is 1.72 bits per heavy atom. The number of amides is 1. The van der Waals surface area contributed by atoms with E-state index in [4.69, 9.17) is 0 Å². The van der Waals surface area contributed by atoms with Gasteiger partial charge in [-0.3, -0.25) is 9.52 Å². The third-order valence-corrected chi connectivity index (χ3v) is 3.90. The first-order valence-corrected chi connectivity index (χ1v) is 6.73. The monoisotopic (exact) mass is 271 g/mol. The smallest absolute Gasteiger partial charge is 0.301 e. The van der Waals surface area contributed by atoms with Gasteiger partial charge in [0, 0.05) is 28.1 Å².